The zero-order valence-electron chi connectivity index (χ0n) is 15.1. The van der Waals surface area contributed by atoms with Crippen LogP contribution in [0.15, 0.2) is 72.8 Å². The minimum Gasteiger partial charge on any atom is -0.489 e. The van der Waals surface area contributed by atoms with E-state index >= 15 is 0 Å². The van der Waals surface area contributed by atoms with Gasteiger partial charge in [-0.3, -0.25) is 4.79 Å². The standard InChI is InChI=1S/C22H20ClFN2O2/c23-17-6-4-16(5-7-17)15-28-21-10-8-19(9-11-21)25-13-12-22(27)26-20-3-1-2-18(24)14-20/h1-11,14,25H,12-13,15H2,(H,26,27). The number of halogens is 2. The molecule has 2 N–H and O–H groups in total. The summed E-state index contributed by atoms with van der Waals surface area (Å²) in [7, 11) is 0. The third-order valence-electron chi connectivity index (χ3n) is 3.96. The van der Waals surface area contributed by atoms with E-state index in [4.69, 9.17) is 16.3 Å². The molecular weight excluding hydrogens is 379 g/mol. The van der Waals surface area contributed by atoms with E-state index < -0.39 is 0 Å². The Morgan fingerprint density at radius 1 is 0.964 bits per heavy atom. The molecule has 28 heavy (non-hydrogen) atoms. The summed E-state index contributed by atoms with van der Waals surface area (Å²) in [5.41, 5.74) is 2.38. The van der Waals surface area contributed by atoms with Crippen LogP contribution in [0.4, 0.5) is 15.8 Å². The molecule has 3 aromatic rings. The number of rotatable bonds is 8. The van der Waals surface area contributed by atoms with Crippen molar-refractivity contribution in [3.8, 4) is 5.75 Å². The molecule has 0 heterocycles. The predicted molar refractivity (Wildman–Crippen MR) is 110 cm³/mol. The van der Waals surface area contributed by atoms with Crippen LogP contribution in [0.25, 0.3) is 0 Å². The van der Waals surface area contributed by atoms with Gasteiger partial charge < -0.3 is 15.4 Å². The first kappa shape index (κ1) is 19.7. The van der Waals surface area contributed by atoms with Gasteiger partial charge >= 0.3 is 0 Å². The van der Waals surface area contributed by atoms with Gasteiger partial charge in [-0.2, -0.15) is 0 Å². The van der Waals surface area contributed by atoms with Crippen LogP contribution in [-0.4, -0.2) is 12.5 Å². The van der Waals surface area contributed by atoms with Crippen LogP contribution in [-0.2, 0) is 11.4 Å². The summed E-state index contributed by atoms with van der Waals surface area (Å²) in [6, 6.07) is 20.8. The van der Waals surface area contributed by atoms with Gasteiger partial charge in [-0.1, -0.05) is 29.8 Å². The molecule has 3 rings (SSSR count). The number of hydrogen-bond donors (Lipinski definition) is 2. The fraction of sp³-hybridized carbons (Fsp3) is 0.136. The summed E-state index contributed by atoms with van der Waals surface area (Å²) >= 11 is 5.87. The number of carbonyl (C=O) groups is 1. The summed E-state index contributed by atoms with van der Waals surface area (Å²) in [5, 5.41) is 6.54. The highest BCUT2D eigenvalue weighted by Gasteiger charge is 2.03. The number of anilines is 2. The molecule has 0 atom stereocenters. The first-order valence-corrected chi connectivity index (χ1v) is 9.23. The van der Waals surface area contributed by atoms with Gasteiger partial charge in [0.2, 0.25) is 5.91 Å². The maximum absolute atomic E-state index is 13.1. The molecule has 0 aliphatic rings. The van der Waals surface area contributed by atoms with E-state index in [0.717, 1.165) is 17.0 Å². The minimum atomic E-state index is -0.380. The van der Waals surface area contributed by atoms with E-state index in [2.05, 4.69) is 10.6 Å². The second kappa shape index (κ2) is 9.76. The van der Waals surface area contributed by atoms with Crippen LogP contribution >= 0.6 is 11.6 Å². The van der Waals surface area contributed by atoms with Gasteiger partial charge in [-0.05, 0) is 60.2 Å². The van der Waals surface area contributed by atoms with Crippen molar-refractivity contribution in [3.05, 3.63) is 89.2 Å². The summed E-state index contributed by atoms with van der Waals surface area (Å²) in [5.74, 6) is 0.194. The molecule has 0 aliphatic heterocycles. The van der Waals surface area contributed by atoms with Crippen LogP contribution in [0.5, 0.6) is 5.75 Å². The third kappa shape index (κ3) is 6.28. The van der Waals surface area contributed by atoms with Crippen molar-refractivity contribution < 1.29 is 13.9 Å². The Morgan fingerprint density at radius 2 is 1.71 bits per heavy atom. The van der Waals surface area contributed by atoms with Gasteiger partial charge in [0.05, 0.1) is 0 Å². The Morgan fingerprint density at radius 3 is 2.43 bits per heavy atom. The molecule has 0 fully saturated rings. The molecule has 0 spiro atoms. The summed E-state index contributed by atoms with van der Waals surface area (Å²) in [4.78, 5) is 11.9. The highest BCUT2D eigenvalue weighted by atomic mass is 35.5. The lowest BCUT2D eigenvalue weighted by molar-refractivity contribution is -0.115. The second-order valence-electron chi connectivity index (χ2n) is 6.17. The fourth-order valence-electron chi connectivity index (χ4n) is 2.53. The predicted octanol–water partition coefficient (Wildman–Crippen LogP) is 5.50. The van der Waals surface area contributed by atoms with Crippen molar-refractivity contribution in [2.24, 2.45) is 0 Å². The van der Waals surface area contributed by atoms with E-state index in [9.17, 15) is 9.18 Å². The van der Waals surface area contributed by atoms with Gasteiger partial charge in [-0.15, -0.1) is 0 Å². The Balaban J connectivity index is 1.40. The quantitative estimate of drug-likeness (QED) is 0.526. The summed E-state index contributed by atoms with van der Waals surface area (Å²) in [6.07, 6.45) is 0.269. The molecule has 0 saturated carbocycles. The fourth-order valence-corrected chi connectivity index (χ4v) is 2.65. The Kier molecular flexibility index (Phi) is 6.87. The van der Waals surface area contributed by atoms with E-state index in [1.807, 2.05) is 48.5 Å². The van der Waals surface area contributed by atoms with Crippen molar-refractivity contribution in [2.45, 2.75) is 13.0 Å². The molecule has 0 bridgehead atoms. The van der Waals surface area contributed by atoms with Crippen LogP contribution in [0, 0.1) is 5.82 Å². The van der Waals surface area contributed by atoms with Gasteiger partial charge in [0.1, 0.15) is 18.2 Å². The van der Waals surface area contributed by atoms with Crippen molar-refractivity contribution in [2.75, 3.05) is 17.2 Å². The van der Waals surface area contributed by atoms with Crippen molar-refractivity contribution in [1.29, 1.82) is 0 Å². The van der Waals surface area contributed by atoms with Gasteiger partial charge in [0, 0.05) is 29.4 Å². The molecule has 144 valence electrons. The second-order valence-corrected chi connectivity index (χ2v) is 6.61. The van der Waals surface area contributed by atoms with E-state index in [1.165, 1.54) is 12.1 Å². The molecule has 3 aromatic carbocycles. The normalized spacial score (nSPS) is 10.4. The van der Waals surface area contributed by atoms with Gasteiger partial charge in [0.15, 0.2) is 0 Å². The number of benzene rings is 3. The smallest absolute Gasteiger partial charge is 0.226 e. The summed E-state index contributed by atoms with van der Waals surface area (Å²) < 4.78 is 18.9. The molecule has 0 aromatic heterocycles. The lowest BCUT2D eigenvalue weighted by Crippen LogP contribution is -2.16. The minimum absolute atomic E-state index is 0.180. The molecular formula is C22H20ClFN2O2. The number of amides is 1. The van der Waals surface area contributed by atoms with Crippen molar-refractivity contribution in [1.82, 2.24) is 0 Å². The first-order chi connectivity index (χ1) is 13.6. The van der Waals surface area contributed by atoms with Crippen LogP contribution in [0.1, 0.15) is 12.0 Å². The van der Waals surface area contributed by atoms with Crippen LogP contribution in [0.3, 0.4) is 0 Å². The van der Waals surface area contributed by atoms with Gasteiger partial charge in [0.25, 0.3) is 0 Å². The maximum atomic E-state index is 13.1. The Labute approximate surface area is 168 Å². The molecule has 0 saturated heterocycles. The zero-order valence-corrected chi connectivity index (χ0v) is 15.9. The number of hydrogen-bond acceptors (Lipinski definition) is 3. The highest BCUT2D eigenvalue weighted by molar-refractivity contribution is 6.30. The largest absolute Gasteiger partial charge is 0.489 e. The topological polar surface area (TPSA) is 50.4 Å². The molecule has 0 aliphatic carbocycles. The first-order valence-electron chi connectivity index (χ1n) is 8.85. The van der Waals surface area contributed by atoms with E-state index in [1.54, 1.807) is 12.1 Å². The van der Waals surface area contributed by atoms with Crippen LogP contribution in [0.2, 0.25) is 5.02 Å². The maximum Gasteiger partial charge on any atom is 0.226 e. The van der Waals surface area contributed by atoms with Crippen molar-refractivity contribution in [3.63, 3.8) is 0 Å². The van der Waals surface area contributed by atoms with E-state index in [0.29, 0.717) is 23.9 Å². The monoisotopic (exact) mass is 398 g/mol. The highest BCUT2D eigenvalue weighted by Crippen LogP contribution is 2.18. The number of ether oxygens (including phenoxy) is 1. The molecule has 1 amide bonds. The Hall–Kier alpha value is -3.05. The average molecular weight is 399 g/mol. The molecule has 6 heteroatoms. The average Bonchev–Trinajstić information content (AvgIpc) is 2.68. The molecule has 0 unspecified atom stereocenters. The lowest BCUT2D eigenvalue weighted by Gasteiger charge is -2.10. The van der Waals surface area contributed by atoms with Crippen LogP contribution < -0.4 is 15.4 Å². The van der Waals surface area contributed by atoms with Crippen molar-refractivity contribution >= 4 is 28.9 Å². The number of carbonyl (C=O) groups excluding carboxylic acids is 1. The summed E-state index contributed by atoms with van der Waals surface area (Å²) in [6.45, 7) is 0.927. The Bertz CT molecular complexity index is 915. The number of nitrogens with one attached hydrogen (secondary N) is 2. The van der Waals surface area contributed by atoms with E-state index in [-0.39, 0.29) is 18.1 Å². The molecule has 4 nitrogen and oxygen atoms in total. The zero-order chi connectivity index (χ0) is 19.8. The third-order valence-corrected chi connectivity index (χ3v) is 4.21. The molecule has 0 radical (unpaired) electrons. The SMILES string of the molecule is O=C(CCNc1ccc(OCc2ccc(Cl)cc2)cc1)Nc1cccc(F)c1. The van der Waals surface area contributed by atoms with Gasteiger partial charge in [-0.25, -0.2) is 4.39 Å². The lowest BCUT2D eigenvalue weighted by atomic mass is 10.2.